The van der Waals surface area contributed by atoms with Gasteiger partial charge in [0.1, 0.15) is 13.1 Å². The SMILES string of the molecule is O=C(O)CN(CC(=O)O)/N=C\c1ccc(Cl)cc1. The molecule has 7 heteroatoms. The van der Waals surface area contributed by atoms with Crippen molar-refractivity contribution in [2.24, 2.45) is 5.10 Å². The van der Waals surface area contributed by atoms with Gasteiger partial charge in [-0.25, -0.2) is 0 Å². The van der Waals surface area contributed by atoms with Crippen LogP contribution in [-0.4, -0.2) is 46.5 Å². The van der Waals surface area contributed by atoms with Crippen molar-refractivity contribution < 1.29 is 19.8 Å². The van der Waals surface area contributed by atoms with E-state index in [1.54, 1.807) is 24.3 Å². The van der Waals surface area contributed by atoms with Gasteiger partial charge in [0.2, 0.25) is 0 Å². The molecule has 1 aromatic carbocycles. The monoisotopic (exact) mass is 270 g/mol. The fraction of sp³-hybridized carbons (Fsp3) is 0.182. The second kappa shape index (κ2) is 6.61. The molecule has 0 saturated heterocycles. The Morgan fingerprint density at radius 3 is 2.11 bits per heavy atom. The van der Waals surface area contributed by atoms with Crippen molar-refractivity contribution in [3.63, 3.8) is 0 Å². The molecule has 0 fully saturated rings. The molecule has 0 amide bonds. The molecule has 96 valence electrons. The molecule has 0 spiro atoms. The Morgan fingerprint density at radius 1 is 1.17 bits per heavy atom. The van der Waals surface area contributed by atoms with Gasteiger partial charge in [0, 0.05) is 5.02 Å². The summed E-state index contributed by atoms with van der Waals surface area (Å²) in [5.41, 5.74) is 0.695. The van der Waals surface area contributed by atoms with E-state index in [9.17, 15) is 9.59 Å². The highest BCUT2D eigenvalue weighted by atomic mass is 35.5. The molecule has 0 aromatic heterocycles. The maximum atomic E-state index is 10.5. The summed E-state index contributed by atoms with van der Waals surface area (Å²) in [4.78, 5) is 21.0. The van der Waals surface area contributed by atoms with Crippen molar-refractivity contribution in [2.75, 3.05) is 13.1 Å². The molecular weight excluding hydrogens is 260 g/mol. The Kier molecular flexibility index (Phi) is 5.13. The van der Waals surface area contributed by atoms with Crippen molar-refractivity contribution in [2.45, 2.75) is 0 Å². The maximum absolute atomic E-state index is 10.5. The number of aliphatic carboxylic acids is 2. The molecule has 0 heterocycles. The van der Waals surface area contributed by atoms with E-state index in [-0.39, 0.29) is 0 Å². The second-order valence-corrected chi connectivity index (χ2v) is 3.84. The number of carboxylic acid groups (broad SMARTS) is 2. The average molecular weight is 271 g/mol. The van der Waals surface area contributed by atoms with Crippen molar-refractivity contribution in [1.29, 1.82) is 0 Å². The van der Waals surface area contributed by atoms with E-state index in [0.717, 1.165) is 5.01 Å². The van der Waals surface area contributed by atoms with Gasteiger partial charge in [0.15, 0.2) is 0 Å². The number of halogens is 1. The highest BCUT2D eigenvalue weighted by Gasteiger charge is 2.10. The van der Waals surface area contributed by atoms with E-state index >= 15 is 0 Å². The first kappa shape index (κ1) is 14.0. The van der Waals surface area contributed by atoms with Gasteiger partial charge in [-0.3, -0.25) is 14.6 Å². The number of nitrogens with zero attached hydrogens (tertiary/aromatic N) is 2. The maximum Gasteiger partial charge on any atom is 0.324 e. The van der Waals surface area contributed by atoms with Crippen LogP contribution >= 0.6 is 11.6 Å². The minimum atomic E-state index is -1.15. The van der Waals surface area contributed by atoms with Gasteiger partial charge in [-0.2, -0.15) is 5.10 Å². The van der Waals surface area contributed by atoms with Crippen LogP contribution in [0.15, 0.2) is 29.4 Å². The van der Waals surface area contributed by atoms with Crippen LogP contribution in [0, 0.1) is 0 Å². The Balaban J connectivity index is 2.72. The molecule has 18 heavy (non-hydrogen) atoms. The Bertz CT molecular complexity index is 443. The summed E-state index contributed by atoms with van der Waals surface area (Å²) < 4.78 is 0. The number of rotatable bonds is 6. The van der Waals surface area contributed by atoms with E-state index in [1.165, 1.54) is 6.21 Å². The van der Waals surface area contributed by atoms with E-state index in [2.05, 4.69) is 5.10 Å². The molecule has 6 nitrogen and oxygen atoms in total. The molecule has 0 aliphatic carbocycles. The lowest BCUT2D eigenvalue weighted by Crippen LogP contribution is -2.30. The van der Waals surface area contributed by atoms with Gasteiger partial charge in [-0.05, 0) is 17.7 Å². The minimum Gasteiger partial charge on any atom is -0.480 e. The summed E-state index contributed by atoms with van der Waals surface area (Å²) >= 11 is 5.70. The number of hydrazone groups is 1. The molecule has 0 radical (unpaired) electrons. The first-order valence-corrected chi connectivity index (χ1v) is 5.33. The molecule has 0 atom stereocenters. The quantitative estimate of drug-likeness (QED) is 0.598. The lowest BCUT2D eigenvalue weighted by atomic mass is 10.2. The topological polar surface area (TPSA) is 90.2 Å². The fourth-order valence-electron chi connectivity index (χ4n) is 1.15. The van der Waals surface area contributed by atoms with Crippen LogP contribution in [0.5, 0.6) is 0 Å². The largest absolute Gasteiger partial charge is 0.480 e. The smallest absolute Gasteiger partial charge is 0.324 e. The summed E-state index contributed by atoms with van der Waals surface area (Å²) in [7, 11) is 0. The third-order valence-corrected chi connectivity index (χ3v) is 2.13. The van der Waals surface area contributed by atoms with E-state index in [1.807, 2.05) is 0 Å². The van der Waals surface area contributed by atoms with Gasteiger partial charge in [-0.1, -0.05) is 23.7 Å². The van der Waals surface area contributed by atoms with Crippen LogP contribution in [0.2, 0.25) is 5.02 Å². The van der Waals surface area contributed by atoms with Crippen LogP contribution in [0.25, 0.3) is 0 Å². The number of benzene rings is 1. The van der Waals surface area contributed by atoms with Crippen molar-refractivity contribution in [3.8, 4) is 0 Å². The normalized spacial score (nSPS) is 10.5. The zero-order chi connectivity index (χ0) is 13.5. The van der Waals surface area contributed by atoms with Crippen LogP contribution in [-0.2, 0) is 9.59 Å². The Morgan fingerprint density at radius 2 is 1.67 bits per heavy atom. The summed E-state index contributed by atoms with van der Waals surface area (Å²) in [5.74, 6) is -2.30. The Hall–Kier alpha value is -2.08. The van der Waals surface area contributed by atoms with Crippen molar-refractivity contribution >= 4 is 29.8 Å². The van der Waals surface area contributed by atoms with Gasteiger partial charge < -0.3 is 10.2 Å². The second-order valence-electron chi connectivity index (χ2n) is 3.41. The lowest BCUT2D eigenvalue weighted by molar-refractivity contribution is -0.141. The van der Waals surface area contributed by atoms with Gasteiger partial charge in [-0.15, -0.1) is 0 Å². The average Bonchev–Trinajstić information content (AvgIpc) is 2.26. The standard InChI is InChI=1S/C11H11ClN2O4/c12-9-3-1-8(2-4-9)5-13-14(6-10(15)16)7-11(17)18/h1-5H,6-7H2,(H,15,16)(H,17,18)/b13-5-. The molecule has 0 unspecified atom stereocenters. The van der Waals surface area contributed by atoms with Crippen LogP contribution < -0.4 is 0 Å². The predicted octanol–water partition coefficient (Wildman–Crippen LogP) is 1.15. The molecule has 0 bridgehead atoms. The van der Waals surface area contributed by atoms with E-state index in [0.29, 0.717) is 10.6 Å². The first-order valence-electron chi connectivity index (χ1n) is 4.95. The van der Waals surface area contributed by atoms with Crippen LogP contribution in [0.1, 0.15) is 5.56 Å². The van der Waals surface area contributed by atoms with E-state index in [4.69, 9.17) is 21.8 Å². The fourth-order valence-corrected chi connectivity index (χ4v) is 1.27. The van der Waals surface area contributed by atoms with Gasteiger partial charge in [0.25, 0.3) is 0 Å². The molecular formula is C11H11ClN2O4. The number of hydrogen-bond donors (Lipinski definition) is 2. The number of carboxylic acids is 2. The minimum absolute atomic E-state index is 0.476. The predicted molar refractivity (Wildman–Crippen MR) is 65.9 cm³/mol. The summed E-state index contributed by atoms with van der Waals surface area (Å²) in [5, 5.41) is 22.5. The molecule has 0 saturated carbocycles. The first-order chi connectivity index (χ1) is 8.47. The third-order valence-electron chi connectivity index (χ3n) is 1.88. The van der Waals surface area contributed by atoms with Gasteiger partial charge in [0.05, 0.1) is 6.21 Å². The summed E-state index contributed by atoms with van der Waals surface area (Å²) in [6.45, 7) is -0.952. The summed E-state index contributed by atoms with van der Waals surface area (Å²) in [6.07, 6.45) is 1.38. The number of carbonyl (C=O) groups is 2. The van der Waals surface area contributed by atoms with E-state index < -0.39 is 25.0 Å². The lowest BCUT2D eigenvalue weighted by Gasteiger charge is -2.13. The molecule has 2 N–H and O–H groups in total. The highest BCUT2D eigenvalue weighted by Crippen LogP contribution is 2.08. The van der Waals surface area contributed by atoms with Crippen molar-refractivity contribution in [1.82, 2.24) is 5.01 Å². The van der Waals surface area contributed by atoms with Gasteiger partial charge >= 0.3 is 11.9 Å². The molecule has 1 rings (SSSR count). The third kappa shape index (κ3) is 5.31. The number of hydrogen-bond acceptors (Lipinski definition) is 4. The molecule has 0 aliphatic rings. The van der Waals surface area contributed by atoms with Crippen LogP contribution in [0.4, 0.5) is 0 Å². The zero-order valence-electron chi connectivity index (χ0n) is 9.28. The zero-order valence-corrected chi connectivity index (χ0v) is 10.0. The summed E-state index contributed by atoms with van der Waals surface area (Å²) in [6, 6.07) is 6.68. The van der Waals surface area contributed by atoms with Crippen molar-refractivity contribution in [3.05, 3.63) is 34.9 Å². The highest BCUT2D eigenvalue weighted by molar-refractivity contribution is 6.30. The molecule has 1 aromatic rings. The van der Waals surface area contributed by atoms with Crippen LogP contribution in [0.3, 0.4) is 0 Å². The Labute approximate surface area is 108 Å². The molecule has 0 aliphatic heterocycles.